The molecule has 680 valence electrons. The van der Waals surface area contributed by atoms with Crippen molar-refractivity contribution in [3.05, 3.63) is 533 Å². The SMILES string of the molecule is CC(C)(C)c1ccc(N2c3cc(N(c4ccccc4)c4ccccc4)ccc3B3c4ccc(N(c5ccccc5)c5ccccc5)cc4Oc4cc(N(c5ccc6ccccc6c5)c5ccc6ccccc6c5)cc2c43)cc1.c1ccc(-c2ccc(N3c4ccc(-c5ccccc5)cc4B4c5cc(-c6ccccc6)ccc5Oc5cc(N(c6ccc7ccccc7c6)c6ccc7ccccc7c6)cc3c54)cc2)cc1. The Morgan fingerprint density at radius 1 is 0.181 bits per heavy atom. The van der Waals surface area contributed by atoms with Crippen molar-refractivity contribution in [1.82, 2.24) is 0 Å². The van der Waals surface area contributed by atoms with Crippen molar-refractivity contribution in [2.24, 2.45) is 0 Å². The summed E-state index contributed by atoms with van der Waals surface area (Å²) in [5, 5.41) is 9.49. The van der Waals surface area contributed by atoms with Gasteiger partial charge in [0.05, 0.1) is 11.4 Å². The molecule has 23 aromatic rings. The molecule has 27 rings (SSSR count). The molecule has 0 fully saturated rings. The monoisotopic (exact) mass is 1840 g/mol. The highest BCUT2D eigenvalue weighted by atomic mass is 16.5. The Hall–Kier alpha value is -18.4. The Bertz CT molecular complexity index is 8600. The molecule has 4 aliphatic rings. The van der Waals surface area contributed by atoms with Crippen LogP contribution in [0.2, 0.25) is 0 Å². The molecule has 10 heteroatoms. The molecular formula is C134H96B2N6O2. The molecule has 0 bridgehead atoms. The number of rotatable bonds is 17. The van der Waals surface area contributed by atoms with Crippen LogP contribution in [0.5, 0.6) is 23.0 Å². The first-order chi connectivity index (χ1) is 71.0. The van der Waals surface area contributed by atoms with E-state index in [-0.39, 0.29) is 18.8 Å². The highest BCUT2D eigenvalue weighted by Gasteiger charge is 2.46. The van der Waals surface area contributed by atoms with Gasteiger partial charge in [0.2, 0.25) is 0 Å². The van der Waals surface area contributed by atoms with Gasteiger partial charge in [0, 0.05) is 109 Å². The van der Waals surface area contributed by atoms with Gasteiger partial charge in [-0.2, -0.15) is 0 Å². The molecule has 0 saturated carbocycles. The van der Waals surface area contributed by atoms with Gasteiger partial charge in [0.25, 0.3) is 13.4 Å². The van der Waals surface area contributed by atoms with Crippen molar-refractivity contribution < 1.29 is 9.47 Å². The fraction of sp³-hybridized carbons (Fsp3) is 0.0299. The third kappa shape index (κ3) is 15.7. The number of hydrogen-bond donors (Lipinski definition) is 0. The van der Waals surface area contributed by atoms with Crippen LogP contribution in [-0.4, -0.2) is 13.4 Å². The van der Waals surface area contributed by atoms with Crippen LogP contribution in [0.15, 0.2) is 528 Å². The molecule has 0 atom stereocenters. The first kappa shape index (κ1) is 86.0. The fourth-order valence-electron chi connectivity index (χ4n) is 22.1. The normalized spacial score (nSPS) is 12.3. The second kappa shape index (κ2) is 36.1. The predicted octanol–water partition coefficient (Wildman–Crippen LogP) is 33.0. The summed E-state index contributed by atoms with van der Waals surface area (Å²) in [6.07, 6.45) is 0. The first-order valence-corrected chi connectivity index (χ1v) is 49.6. The lowest BCUT2D eigenvalue weighted by Gasteiger charge is -2.42. The third-order valence-electron chi connectivity index (χ3n) is 29.0. The minimum absolute atomic E-state index is 0.0330. The highest BCUT2D eigenvalue weighted by molar-refractivity contribution is 7.00. The Kier molecular flexibility index (Phi) is 21.6. The standard InChI is InChI=1S/C72H55BN4O.C62H41BN2O/c1-72(2,3)54-34-38-59(39-35-54)77-67-46-62(74(55-24-8-4-9-25-55)56-26-10-5-11-27-56)40-42-65(67)73-66-43-41-63(75(57-28-12-6-13-29-57)58-30-14-7-15-31-58)48-69(66)78-70-49-64(47-68(77)71(70)73)76(60-36-32-50-20-16-18-22-52(50)44-60)61-37-33-51-21-17-19-23-53(51)45-61;1-4-14-42(15-5-1)47-24-30-52(31-25-47)65-58-34-28-50(43-16-6-2-7-17-43)38-56(58)63-57-39-51(44-18-8-3-9-19-44)29-35-60(57)66-61-41-55(40-59(65)62(61)63)64(53-32-26-45-20-10-12-22-48(45)36-53)54-33-27-46-21-11-13-23-49(46)37-54/h4-49H,1-3H3;1-41H. The van der Waals surface area contributed by atoms with Crippen molar-refractivity contribution in [3.8, 4) is 56.4 Å². The van der Waals surface area contributed by atoms with Gasteiger partial charge in [-0.15, -0.1) is 0 Å². The number of ether oxygens (including phenoxy) is 2. The molecule has 4 heterocycles. The van der Waals surface area contributed by atoms with Crippen LogP contribution >= 0.6 is 0 Å². The summed E-state index contributed by atoms with van der Waals surface area (Å²) in [7, 11) is 0. The number of para-hydroxylation sites is 4. The fourth-order valence-corrected chi connectivity index (χ4v) is 22.1. The van der Waals surface area contributed by atoms with Crippen molar-refractivity contribution >= 4 is 192 Å². The zero-order valence-corrected chi connectivity index (χ0v) is 79.9. The second-order valence-corrected chi connectivity index (χ2v) is 38.7. The van der Waals surface area contributed by atoms with Gasteiger partial charge >= 0.3 is 0 Å². The predicted molar refractivity (Wildman–Crippen MR) is 608 cm³/mol. The molecule has 0 saturated heterocycles. The van der Waals surface area contributed by atoms with Crippen LogP contribution < -0.4 is 71.7 Å². The maximum atomic E-state index is 7.54. The number of hydrogen-bond acceptors (Lipinski definition) is 8. The number of benzene rings is 23. The zero-order valence-electron chi connectivity index (χ0n) is 79.9. The topological polar surface area (TPSA) is 37.9 Å². The molecule has 144 heavy (non-hydrogen) atoms. The van der Waals surface area contributed by atoms with Gasteiger partial charge in [-0.3, -0.25) is 0 Å². The molecular weight excluding hydrogens is 1750 g/mol. The minimum atomic E-state index is -0.172. The van der Waals surface area contributed by atoms with E-state index in [1.54, 1.807) is 0 Å². The number of anilines is 18. The van der Waals surface area contributed by atoms with Gasteiger partial charge in [0.1, 0.15) is 23.0 Å². The van der Waals surface area contributed by atoms with Gasteiger partial charge in [0.15, 0.2) is 0 Å². The quantitative estimate of drug-likeness (QED) is 0.0835. The maximum absolute atomic E-state index is 7.54. The smallest absolute Gasteiger partial charge is 0.256 e. The summed E-state index contributed by atoms with van der Waals surface area (Å²) in [5.74, 6) is 3.35. The van der Waals surface area contributed by atoms with Gasteiger partial charge < -0.3 is 38.9 Å². The van der Waals surface area contributed by atoms with Crippen LogP contribution in [0.4, 0.5) is 102 Å². The van der Waals surface area contributed by atoms with Crippen LogP contribution in [-0.2, 0) is 5.41 Å². The summed E-state index contributed by atoms with van der Waals surface area (Å²) < 4.78 is 14.8. The number of nitrogens with zero attached hydrogens (tertiary/aromatic N) is 6. The van der Waals surface area contributed by atoms with Crippen LogP contribution in [0.25, 0.3) is 76.5 Å². The van der Waals surface area contributed by atoms with Crippen LogP contribution in [0.3, 0.4) is 0 Å². The Balaban J connectivity index is 0.000000149. The summed E-state index contributed by atoms with van der Waals surface area (Å²) in [6, 6.07) is 192. The summed E-state index contributed by atoms with van der Waals surface area (Å²) in [6.45, 7) is 6.57. The van der Waals surface area contributed by atoms with Crippen LogP contribution in [0, 0.1) is 0 Å². The summed E-state index contributed by atoms with van der Waals surface area (Å²) in [4.78, 5) is 14.4. The van der Waals surface area contributed by atoms with E-state index in [0.717, 1.165) is 153 Å². The van der Waals surface area contributed by atoms with E-state index in [1.807, 2.05) is 0 Å². The molecule has 8 nitrogen and oxygen atoms in total. The van der Waals surface area contributed by atoms with E-state index in [9.17, 15) is 0 Å². The molecule has 0 aliphatic carbocycles. The van der Waals surface area contributed by atoms with E-state index < -0.39 is 0 Å². The zero-order chi connectivity index (χ0) is 95.9. The lowest BCUT2D eigenvalue weighted by Crippen LogP contribution is -2.59. The van der Waals surface area contributed by atoms with Crippen molar-refractivity contribution in [2.45, 2.75) is 26.2 Å². The summed E-state index contributed by atoms with van der Waals surface area (Å²) >= 11 is 0. The molecule has 0 radical (unpaired) electrons. The second-order valence-electron chi connectivity index (χ2n) is 38.7. The van der Waals surface area contributed by atoms with Gasteiger partial charge in [-0.1, -0.05) is 367 Å². The lowest BCUT2D eigenvalue weighted by atomic mass is 9.34. The van der Waals surface area contributed by atoms with E-state index in [1.165, 1.54) is 87.4 Å². The molecule has 23 aromatic carbocycles. The van der Waals surface area contributed by atoms with Crippen molar-refractivity contribution in [2.75, 3.05) is 29.4 Å². The van der Waals surface area contributed by atoms with Crippen LogP contribution in [0.1, 0.15) is 26.3 Å². The average molecular weight is 1840 g/mol. The Morgan fingerprint density at radius 3 is 0.889 bits per heavy atom. The molecule has 0 aromatic heterocycles. The third-order valence-corrected chi connectivity index (χ3v) is 29.0. The van der Waals surface area contributed by atoms with E-state index >= 15 is 0 Å². The van der Waals surface area contributed by atoms with E-state index in [0.29, 0.717) is 0 Å². The van der Waals surface area contributed by atoms with E-state index in [4.69, 9.17) is 9.47 Å². The van der Waals surface area contributed by atoms with Crippen molar-refractivity contribution in [3.63, 3.8) is 0 Å². The molecule has 4 aliphatic heterocycles. The average Bonchev–Trinajstić information content (AvgIpc) is 0.701. The minimum Gasteiger partial charge on any atom is -0.458 e. The Labute approximate surface area is 840 Å². The molecule has 0 unspecified atom stereocenters. The van der Waals surface area contributed by atoms with E-state index in [2.05, 4.69) is 578 Å². The maximum Gasteiger partial charge on any atom is 0.256 e. The Morgan fingerprint density at radius 2 is 0.472 bits per heavy atom. The highest BCUT2D eigenvalue weighted by Crippen LogP contribution is 2.53. The number of fused-ring (bicyclic) bond motifs is 12. The molecule has 0 N–H and O–H groups in total. The largest absolute Gasteiger partial charge is 0.458 e. The van der Waals surface area contributed by atoms with Gasteiger partial charge in [-0.05, 0) is 284 Å². The first-order valence-electron chi connectivity index (χ1n) is 49.6. The van der Waals surface area contributed by atoms with Gasteiger partial charge in [-0.25, -0.2) is 0 Å². The molecule has 0 spiro atoms. The molecule has 0 amide bonds. The van der Waals surface area contributed by atoms with Crippen molar-refractivity contribution in [1.29, 1.82) is 0 Å². The summed E-state index contributed by atoms with van der Waals surface area (Å²) in [5.41, 5.74) is 34.4. The lowest BCUT2D eigenvalue weighted by molar-refractivity contribution is 0.487.